The molecule has 19 heavy (non-hydrogen) atoms. The molecule has 0 unspecified atom stereocenters. The lowest BCUT2D eigenvalue weighted by molar-refractivity contribution is 0.103. The van der Waals surface area contributed by atoms with Gasteiger partial charge in [-0.2, -0.15) is 0 Å². The molecule has 0 amide bonds. The Labute approximate surface area is 115 Å². The molecule has 0 saturated carbocycles. The van der Waals surface area contributed by atoms with E-state index >= 15 is 0 Å². The van der Waals surface area contributed by atoms with Crippen LogP contribution in [-0.4, -0.2) is 12.9 Å². The van der Waals surface area contributed by atoms with Gasteiger partial charge in [-0.05, 0) is 48.9 Å². The summed E-state index contributed by atoms with van der Waals surface area (Å²) >= 11 is 5.69. The van der Waals surface area contributed by atoms with Gasteiger partial charge in [0.25, 0.3) is 0 Å². The molecule has 2 rings (SSSR count). The van der Waals surface area contributed by atoms with Crippen molar-refractivity contribution in [2.45, 2.75) is 6.92 Å². The minimum Gasteiger partial charge on any atom is -0.497 e. The van der Waals surface area contributed by atoms with E-state index in [1.54, 1.807) is 25.3 Å². The summed E-state index contributed by atoms with van der Waals surface area (Å²) in [7, 11) is 1.57. The quantitative estimate of drug-likeness (QED) is 0.793. The summed E-state index contributed by atoms with van der Waals surface area (Å²) < 4.78 is 18.2. The number of ether oxygens (including phenoxy) is 1. The van der Waals surface area contributed by atoms with Crippen LogP contribution in [0.2, 0.25) is 5.02 Å². The summed E-state index contributed by atoms with van der Waals surface area (Å²) in [6.45, 7) is 1.82. The van der Waals surface area contributed by atoms with Crippen molar-refractivity contribution in [3.63, 3.8) is 0 Å². The smallest absolute Gasteiger partial charge is 0.193 e. The van der Waals surface area contributed by atoms with Crippen molar-refractivity contribution in [1.82, 2.24) is 0 Å². The van der Waals surface area contributed by atoms with Gasteiger partial charge in [-0.1, -0.05) is 11.6 Å². The van der Waals surface area contributed by atoms with E-state index in [0.717, 1.165) is 5.56 Å². The van der Waals surface area contributed by atoms with E-state index in [0.29, 0.717) is 16.9 Å². The zero-order valence-corrected chi connectivity index (χ0v) is 11.3. The number of aryl methyl sites for hydroxylation is 1. The van der Waals surface area contributed by atoms with Crippen molar-refractivity contribution < 1.29 is 13.9 Å². The topological polar surface area (TPSA) is 26.3 Å². The Morgan fingerprint density at radius 3 is 2.53 bits per heavy atom. The number of hydrogen-bond donors (Lipinski definition) is 0. The molecule has 2 aromatic rings. The third-order valence-corrected chi connectivity index (χ3v) is 3.15. The van der Waals surface area contributed by atoms with E-state index in [2.05, 4.69) is 0 Å². The zero-order valence-electron chi connectivity index (χ0n) is 10.5. The lowest BCUT2D eigenvalue weighted by atomic mass is 9.99. The Morgan fingerprint density at radius 1 is 1.21 bits per heavy atom. The van der Waals surface area contributed by atoms with Crippen molar-refractivity contribution in [3.05, 3.63) is 63.9 Å². The van der Waals surface area contributed by atoms with Crippen LogP contribution in [-0.2, 0) is 0 Å². The average Bonchev–Trinajstić information content (AvgIpc) is 2.41. The van der Waals surface area contributed by atoms with E-state index in [-0.39, 0.29) is 10.8 Å². The predicted molar refractivity (Wildman–Crippen MR) is 72.6 cm³/mol. The fourth-order valence-electron chi connectivity index (χ4n) is 1.81. The maximum atomic E-state index is 13.1. The zero-order chi connectivity index (χ0) is 14.0. The van der Waals surface area contributed by atoms with Crippen LogP contribution in [0.1, 0.15) is 21.5 Å². The lowest BCUT2D eigenvalue weighted by Crippen LogP contribution is -2.04. The summed E-state index contributed by atoms with van der Waals surface area (Å²) in [6, 6.07) is 9.13. The minimum absolute atomic E-state index is 0.0583. The molecular formula is C15H12ClFO2. The number of methoxy groups -OCH3 is 1. The Bertz CT molecular complexity index is 638. The van der Waals surface area contributed by atoms with Crippen LogP contribution in [0.5, 0.6) is 5.75 Å². The Hall–Kier alpha value is -1.87. The third-order valence-electron chi connectivity index (χ3n) is 2.86. The molecule has 0 aliphatic heterocycles. The largest absolute Gasteiger partial charge is 0.497 e. The number of rotatable bonds is 3. The summed E-state index contributed by atoms with van der Waals surface area (Å²) in [5, 5.41) is -0.0583. The van der Waals surface area contributed by atoms with Gasteiger partial charge < -0.3 is 4.74 Å². The summed E-state index contributed by atoms with van der Waals surface area (Å²) in [6.07, 6.45) is 0. The number of carbonyl (C=O) groups is 1. The molecule has 0 N–H and O–H groups in total. The molecule has 0 spiro atoms. The van der Waals surface area contributed by atoms with Crippen molar-refractivity contribution in [2.24, 2.45) is 0 Å². The fraction of sp³-hybridized carbons (Fsp3) is 0.133. The highest BCUT2D eigenvalue weighted by Crippen LogP contribution is 2.22. The molecule has 0 radical (unpaired) electrons. The first kappa shape index (κ1) is 13.6. The predicted octanol–water partition coefficient (Wildman–Crippen LogP) is 4.03. The first-order valence-corrected chi connectivity index (χ1v) is 6.05. The van der Waals surface area contributed by atoms with E-state index in [1.165, 1.54) is 18.2 Å². The van der Waals surface area contributed by atoms with Gasteiger partial charge in [0.05, 0.1) is 12.1 Å². The molecule has 2 nitrogen and oxygen atoms in total. The molecule has 0 aromatic heterocycles. The molecule has 0 aliphatic carbocycles. The van der Waals surface area contributed by atoms with Gasteiger partial charge in [-0.3, -0.25) is 4.79 Å². The van der Waals surface area contributed by atoms with Gasteiger partial charge in [-0.25, -0.2) is 4.39 Å². The second kappa shape index (κ2) is 5.41. The Kier molecular flexibility index (Phi) is 3.86. The van der Waals surface area contributed by atoms with E-state index in [4.69, 9.17) is 16.3 Å². The highest BCUT2D eigenvalue weighted by Gasteiger charge is 2.14. The van der Waals surface area contributed by atoms with Crippen LogP contribution in [0.25, 0.3) is 0 Å². The van der Waals surface area contributed by atoms with Crippen molar-refractivity contribution >= 4 is 17.4 Å². The van der Waals surface area contributed by atoms with E-state index in [1.807, 2.05) is 6.92 Å². The summed E-state index contributed by atoms with van der Waals surface area (Å²) in [5.74, 6) is -0.0436. The van der Waals surface area contributed by atoms with Crippen molar-refractivity contribution in [2.75, 3.05) is 7.11 Å². The molecule has 0 aliphatic rings. The average molecular weight is 279 g/mol. The van der Waals surface area contributed by atoms with Crippen LogP contribution in [0.3, 0.4) is 0 Å². The number of halogens is 2. The summed E-state index contributed by atoms with van der Waals surface area (Å²) in [4.78, 5) is 12.3. The lowest BCUT2D eigenvalue weighted by Gasteiger charge is -2.08. The van der Waals surface area contributed by atoms with Crippen LogP contribution < -0.4 is 4.74 Å². The molecular weight excluding hydrogens is 267 g/mol. The normalized spacial score (nSPS) is 10.3. The van der Waals surface area contributed by atoms with Gasteiger partial charge in [0.2, 0.25) is 0 Å². The van der Waals surface area contributed by atoms with Gasteiger partial charge in [-0.15, -0.1) is 0 Å². The SMILES string of the molecule is COc1ccc(C(=O)c2ccc(F)c(Cl)c2)c(C)c1. The fourth-order valence-corrected chi connectivity index (χ4v) is 1.99. The highest BCUT2D eigenvalue weighted by molar-refractivity contribution is 6.31. The molecule has 0 heterocycles. The maximum Gasteiger partial charge on any atom is 0.193 e. The molecule has 98 valence electrons. The molecule has 0 atom stereocenters. The van der Waals surface area contributed by atoms with Crippen LogP contribution in [0.4, 0.5) is 4.39 Å². The summed E-state index contributed by atoms with van der Waals surface area (Å²) in [5.41, 5.74) is 1.70. The second-order valence-electron chi connectivity index (χ2n) is 4.14. The van der Waals surface area contributed by atoms with Crippen LogP contribution >= 0.6 is 11.6 Å². The Morgan fingerprint density at radius 2 is 1.95 bits per heavy atom. The second-order valence-corrected chi connectivity index (χ2v) is 4.55. The van der Waals surface area contributed by atoms with Gasteiger partial charge in [0, 0.05) is 11.1 Å². The third kappa shape index (κ3) is 2.76. The van der Waals surface area contributed by atoms with E-state index < -0.39 is 5.82 Å². The van der Waals surface area contributed by atoms with Gasteiger partial charge in [0.15, 0.2) is 5.78 Å². The van der Waals surface area contributed by atoms with Crippen LogP contribution in [0.15, 0.2) is 36.4 Å². The molecule has 0 saturated heterocycles. The highest BCUT2D eigenvalue weighted by atomic mass is 35.5. The monoisotopic (exact) mass is 278 g/mol. The molecule has 2 aromatic carbocycles. The molecule has 0 bridgehead atoms. The molecule has 0 fully saturated rings. The first-order valence-electron chi connectivity index (χ1n) is 5.67. The number of benzene rings is 2. The number of carbonyl (C=O) groups excluding carboxylic acids is 1. The first-order chi connectivity index (χ1) is 9.02. The Balaban J connectivity index is 2.41. The maximum absolute atomic E-state index is 13.1. The number of ketones is 1. The van der Waals surface area contributed by atoms with Crippen LogP contribution in [0, 0.1) is 12.7 Å². The molecule has 4 heteroatoms. The number of hydrogen-bond acceptors (Lipinski definition) is 2. The standard InChI is InChI=1S/C15H12ClFO2/c1-9-7-11(19-2)4-5-12(9)15(18)10-3-6-14(17)13(16)8-10/h3-8H,1-2H3. The van der Waals surface area contributed by atoms with Gasteiger partial charge >= 0.3 is 0 Å². The van der Waals surface area contributed by atoms with Crippen molar-refractivity contribution in [3.8, 4) is 5.75 Å². The minimum atomic E-state index is -0.537. The van der Waals surface area contributed by atoms with Gasteiger partial charge in [0.1, 0.15) is 11.6 Å². The van der Waals surface area contributed by atoms with E-state index in [9.17, 15) is 9.18 Å². The van der Waals surface area contributed by atoms with Crippen molar-refractivity contribution in [1.29, 1.82) is 0 Å².